The molecule has 3 heteroatoms. The molecule has 1 aliphatic rings. The zero-order chi connectivity index (χ0) is 34.6. The van der Waals surface area contributed by atoms with Gasteiger partial charge in [-0.15, -0.1) is 0 Å². The van der Waals surface area contributed by atoms with Crippen molar-refractivity contribution in [1.29, 1.82) is 0 Å². The van der Waals surface area contributed by atoms with Crippen LogP contribution < -0.4 is 0 Å². The van der Waals surface area contributed by atoms with Gasteiger partial charge in [-0.3, -0.25) is 4.57 Å². The molecule has 0 atom stereocenters. The molecule has 0 bridgehead atoms. The summed E-state index contributed by atoms with van der Waals surface area (Å²) in [5, 5.41) is 8.31. The number of benzene rings is 8. The Labute approximate surface area is 301 Å². The third-order valence-corrected chi connectivity index (χ3v) is 11.4. The fourth-order valence-electron chi connectivity index (χ4n) is 8.79. The van der Waals surface area contributed by atoms with Crippen molar-refractivity contribution >= 4 is 54.3 Å². The highest BCUT2D eigenvalue weighted by atomic mass is 15.2. The van der Waals surface area contributed by atoms with Crippen molar-refractivity contribution in [3.05, 3.63) is 175 Å². The minimum Gasteiger partial charge on any atom is -0.278 e. The van der Waals surface area contributed by atoms with Gasteiger partial charge < -0.3 is 0 Å². The molecule has 0 saturated heterocycles. The van der Waals surface area contributed by atoms with E-state index in [1.54, 1.807) is 0 Å². The van der Waals surface area contributed by atoms with Crippen LogP contribution >= 0.6 is 0 Å². The van der Waals surface area contributed by atoms with Crippen molar-refractivity contribution in [3.8, 4) is 39.5 Å². The molecule has 2 heterocycles. The van der Waals surface area contributed by atoms with E-state index in [1.165, 1.54) is 65.7 Å². The molecule has 3 nitrogen and oxygen atoms in total. The van der Waals surface area contributed by atoms with Crippen molar-refractivity contribution in [2.75, 3.05) is 0 Å². The summed E-state index contributed by atoms with van der Waals surface area (Å²) in [6, 6.07) is 59.3. The highest BCUT2D eigenvalue weighted by Gasteiger charge is 2.36. The van der Waals surface area contributed by atoms with Crippen molar-refractivity contribution in [1.82, 2.24) is 14.5 Å². The predicted molar refractivity (Wildman–Crippen MR) is 217 cm³/mol. The van der Waals surface area contributed by atoms with Crippen LogP contribution in [0.3, 0.4) is 0 Å². The lowest BCUT2D eigenvalue weighted by atomic mass is 9.82. The summed E-state index contributed by atoms with van der Waals surface area (Å²) in [6.07, 6.45) is 0. The lowest BCUT2D eigenvalue weighted by Crippen LogP contribution is -2.14. The van der Waals surface area contributed by atoms with Crippen molar-refractivity contribution < 1.29 is 0 Å². The number of hydrogen-bond acceptors (Lipinski definition) is 2. The molecule has 10 aromatic rings. The lowest BCUT2D eigenvalue weighted by Gasteiger charge is -2.21. The number of nitrogens with zero attached hydrogens (tertiary/aromatic N) is 3. The first-order valence-corrected chi connectivity index (χ1v) is 18.0. The van der Waals surface area contributed by atoms with Gasteiger partial charge in [-0.25, -0.2) is 9.97 Å². The summed E-state index contributed by atoms with van der Waals surface area (Å²) in [6.45, 7) is 4.68. The molecule has 0 unspecified atom stereocenters. The summed E-state index contributed by atoms with van der Waals surface area (Å²) >= 11 is 0. The van der Waals surface area contributed by atoms with E-state index in [2.05, 4.69) is 182 Å². The van der Waals surface area contributed by atoms with Gasteiger partial charge in [0, 0.05) is 27.1 Å². The van der Waals surface area contributed by atoms with E-state index < -0.39 is 0 Å². The number of fused-ring (bicyclic) bond motifs is 10. The van der Waals surface area contributed by atoms with Crippen LogP contribution in [0.1, 0.15) is 25.0 Å². The molecule has 0 aliphatic heterocycles. The molecule has 0 amide bonds. The van der Waals surface area contributed by atoms with E-state index in [1.807, 2.05) is 0 Å². The van der Waals surface area contributed by atoms with E-state index in [-0.39, 0.29) is 5.41 Å². The largest absolute Gasteiger partial charge is 0.278 e. The molecular formula is C49H33N3. The summed E-state index contributed by atoms with van der Waals surface area (Å²) in [4.78, 5) is 10.7. The van der Waals surface area contributed by atoms with Crippen LogP contribution in [-0.2, 0) is 5.41 Å². The Hall–Kier alpha value is -6.58. The second-order valence-corrected chi connectivity index (χ2v) is 14.6. The molecule has 11 rings (SSSR count). The van der Waals surface area contributed by atoms with Crippen LogP contribution in [0.15, 0.2) is 164 Å². The molecule has 0 saturated carbocycles. The van der Waals surface area contributed by atoms with Gasteiger partial charge in [0.2, 0.25) is 5.95 Å². The van der Waals surface area contributed by atoms with Crippen LogP contribution in [0.4, 0.5) is 0 Å². The maximum atomic E-state index is 5.46. The van der Waals surface area contributed by atoms with Crippen molar-refractivity contribution in [2.24, 2.45) is 0 Å². The molecule has 8 aromatic carbocycles. The highest BCUT2D eigenvalue weighted by Crippen LogP contribution is 2.51. The quantitative estimate of drug-likeness (QED) is 0.188. The van der Waals surface area contributed by atoms with Gasteiger partial charge in [0.15, 0.2) is 0 Å². The summed E-state index contributed by atoms with van der Waals surface area (Å²) in [5.74, 6) is 0.668. The zero-order valence-electron chi connectivity index (χ0n) is 28.9. The zero-order valence-corrected chi connectivity index (χ0v) is 28.9. The molecule has 0 fully saturated rings. The number of hydrogen-bond donors (Lipinski definition) is 0. The molecule has 2 aromatic heterocycles. The normalized spacial score (nSPS) is 13.3. The van der Waals surface area contributed by atoms with Crippen molar-refractivity contribution in [3.63, 3.8) is 0 Å². The van der Waals surface area contributed by atoms with Gasteiger partial charge in [-0.1, -0.05) is 141 Å². The molecule has 52 heavy (non-hydrogen) atoms. The minimum atomic E-state index is -0.0357. The number of para-hydroxylation sites is 1. The first-order chi connectivity index (χ1) is 25.5. The minimum absolute atomic E-state index is 0.0357. The Morgan fingerprint density at radius 3 is 2.06 bits per heavy atom. The highest BCUT2D eigenvalue weighted by molar-refractivity contribution is 6.14. The Kier molecular flexibility index (Phi) is 6.01. The fraction of sp³-hybridized carbons (Fsp3) is 0.0612. The smallest absolute Gasteiger partial charge is 0.235 e. The Bertz CT molecular complexity index is 3100. The fourth-order valence-corrected chi connectivity index (χ4v) is 8.79. The average molecular weight is 664 g/mol. The standard InChI is InChI=1S/C49H33N3/c1-49(2)41-18-10-8-16-37(41)46-36-23-20-35(26-34(36)21-24-42(46)49)47-38-17-9-11-19-43(38)50-48(51-47)52-44-25-22-33(30-12-4-3-5-13-30)28-39(44)40-27-31-14-6-7-15-32(31)29-45(40)52/h3-29H,1-2H3. The van der Waals surface area contributed by atoms with Crippen LogP contribution in [0.5, 0.6) is 0 Å². The van der Waals surface area contributed by atoms with Gasteiger partial charge in [-0.05, 0) is 91.3 Å². The first-order valence-electron chi connectivity index (χ1n) is 18.0. The van der Waals surface area contributed by atoms with E-state index in [0.29, 0.717) is 5.95 Å². The average Bonchev–Trinajstić information content (AvgIpc) is 3.63. The van der Waals surface area contributed by atoms with Gasteiger partial charge in [0.05, 0.1) is 22.2 Å². The van der Waals surface area contributed by atoms with Crippen LogP contribution in [0.25, 0.3) is 93.7 Å². The van der Waals surface area contributed by atoms with Gasteiger partial charge in [-0.2, -0.15) is 0 Å². The van der Waals surface area contributed by atoms with Crippen LogP contribution in [-0.4, -0.2) is 14.5 Å². The predicted octanol–water partition coefficient (Wildman–Crippen LogP) is 12.7. The first kappa shape index (κ1) is 29.2. The van der Waals surface area contributed by atoms with Gasteiger partial charge in [0.1, 0.15) is 0 Å². The van der Waals surface area contributed by atoms with E-state index >= 15 is 0 Å². The lowest BCUT2D eigenvalue weighted by molar-refractivity contribution is 0.661. The SMILES string of the molecule is CC1(C)c2ccccc2-c2c1ccc1cc(-c3nc(-n4c5ccc(-c6ccccc6)cc5c5cc6ccccc6cc54)nc4ccccc34)ccc21. The second kappa shape index (κ2) is 10.7. The summed E-state index contributed by atoms with van der Waals surface area (Å²) in [7, 11) is 0. The van der Waals surface area contributed by atoms with Crippen molar-refractivity contribution in [2.45, 2.75) is 19.3 Å². The number of rotatable bonds is 3. The third kappa shape index (κ3) is 4.14. The van der Waals surface area contributed by atoms with E-state index in [9.17, 15) is 0 Å². The molecule has 0 spiro atoms. The Balaban J connectivity index is 1.16. The van der Waals surface area contributed by atoms with Gasteiger partial charge >= 0.3 is 0 Å². The van der Waals surface area contributed by atoms with E-state index in [4.69, 9.17) is 9.97 Å². The third-order valence-electron chi connectivity index (χ3n) is 11.4. The molecule has 1 aliphatic carbocycles. The molecule has 0 N–H and O–H groups in total. The Morgan fingerprint density at radius 2 is 1.17 bits per heavy atom. The monoisotopic (exact) mass is 663 g/mol. The maximum absolute atomic E-state index is 5.46. The number of aromatic nitrogens is 3. The Morgan fingerprint density at radius 1 is 0.442 bits per heavy atom. The van der Waals surface area contributed by atoms with Gasteiger partial charge in [0.25, 0.3) is 0 Å². The second-order valence-electron chi connectivity index (χ2n) is 14.6. The molecule has 244 valence electrons. The summed E-state index contributed by atoms with van der Waals surface area (Å²) in [5.41, 5.74) is 12.9. The summed E-state index contributed by atoms with van der Waals surface area (Å²) < 4.78 is 2.26. The van der Waals surface area contributed by atoms with Crippen LogP contribution in [0.2, 0.25) is 0 Å². The molecular weight excluding hydrogens is 631 g/mol. The van der Waals surface area contributed by atoms with Crippen LogP contribution in [0, 0.1) is 0 Å². The van der Waals surface area contributed by atoms with E-state index in [0.717, 1.165) is 33.2 Å². The maximum Gasteiger partial charge on any atom is 0.235 e. The topological polar surface area (TPSA) is 30.7 Å². The molecule has 0 radical (unpaired) electrons.